The largest absolute Gasteiger partial charge is 0.339 e. The maximum Gasteiger partial charge on any atom is 0.250 e. The van der Waals surface area contributed by atoms with Crippen molar-refractivity contribution in [2.45, 2.75) is 12.5 Å². The normalized spacial score (nSPS) is 18.7. The smallest absolute Gasteiger partial charge is 0.250 e. The molecule has 0 saturated carbocycles. The molecule has 0 spiro atoms. The van der Waals surface area contributed by atoms with Crippen molar-refractivity contribution < 1.29 is 9.59 Å². The monoisotopic (exact) mass is 300 g/mol. The first-order valence-electron chi connectivity index (χ1n) is 6.89. The highest BCUT2D eigenvalue weighted by Gasteiger charge is 2.33. The van der Waals surface area contributed by atoms with Crippen LogP contribution >= 0.6 is 11.3 Å². The van der Waals surface area contributed by atoms with Crippen molar-refractivity contribution >= 4 is 23.2 Å². The van der Waals surface area contributed by atoms with E-state index in [1.165, 1.54) is 4.88 Å². The summed E-state index contributed by atoms with van der Waals surface area (Å²) in [6, 6.07) is 12.9. The van der Waals surface area contributed by atoms with Gasteiger partial charge in [-0.2, -0.15) is 0 Å². The summed E-state index contributed by atoms with van der Waals surface area (Å²) in [6.07, 6.45) is 0.790. The minimum Gasteiger partial charge on any atom is -0.339 e. The van der Waals surface area contributed by atoms with Gasteiger partial charge in [0.1, 0.15) is 6.04 Å². The number of rotatable bonds is 4. The van der Waals surface area contributed by atoms with Crippen molar-refractivity contribution in [1.82, 2.24) is 10.2 Å². The fraction of sp³-hybridized carbons (Fsp3) is 0.250. The number of nitrogens with one attached hydrogen (secondary N) is 1. The zero-order chi connectivity index (χ0) is 14.7. The minimum atomic E-state index is -0.559. The van der Waals surface area contributed by atoms with Crippen LogP contribution in [-0.2, 0) is 16.0 Å². The predicted molar refractivity (Wildman–Crippen MR) is 81.9 cm³/mol. The van der Waals surface area contributed by atoms with Crippen LogP contribution in [0.25, 0.3) is 0 Å². The van der Waals surface area contributed by atoms with Gasteiger partial charge in [-0.15, -0.1) is 11.3 Å². The molecule has 0 bridgehead atoms. The maximum atomic E-state index is 12.5. The summed E-state index contributed by atoms with van der Waals surface area (Å²) in [4.78, 5) is 27.3. The second kappa shape index (κ2) is 6.10. The zero-order valence-electron chi connectivity index (χ0n) is 11.5. The first-order chi connectivity index (χ1) is 10.2. The topological polar surface area (TPSA) is 49.4 Å². The van der Waals surface area contributed by atoms with Crippen LogP contribution in [0.2, 0.25) is 0 Å². The number of thiophene rings is 1. The molecule has 21 heavy (non-hydrogen) atoms. The summed E-state index contributed by atoms with van der Waals surface area (Å²) in [7, 11) is 0. The molecule has 1 unspecified atom stereocenters. The molecule has 1 aliphatic heterocycles. The number of amides is 2. The Morgan fingerprint density at radius 2 is 1.95 bits per heavy atom. The first-order valence-corrected chi connectivity index (χ1v) is 7.77. The van der Waals surface area contributed by atoms with Gasteiger partial charge in [-0.25, -0.2) is 0 Å². The highest BCUT2D eigenvalue weighted by Crippen LogP contribution is 2.19. The number of carbonyl (C=O) groups excluding carboxylic acids is 2. The Labute approximate surface area is 127 Å². The van der Waals surface area contributed by atoms with Crippen LogP contribution in [0.15, 0.2) is 47.8 Å². The van der Waals surface area contributed by atoms with Gasteiger partial charge in [-0.3, -0.25) is 9.59 Å². The fourth-order valence-electron chi connectivity index (χ4n) is 2.46. The molecule has 0 radical (unpaired) electrons. The van der Waals surface area contributed by atoms with Crippen LogP contribution in [0, 0.1) is 0 Å². The fourth-order valence-corrected chi connectivity index (χ4v) is 3.16. The van der Waals surface area contributed by atoms with Crippen LogP contribution in [0.4, 0.5) is 0 Å². The van der Waals surface area contributed by atoms with Crippen LogP contribution in [0.1, 0.15) is 16.5 Å². The van der Waals surface area contributed by atoms with Gasteiger partial charge >= 0.3 is 0 Å². The standard InChI is InChI=1S/C16H16N2O2S/c19-14-11-18(9-8-13-7-4-10-21-13)16(20)15(17-14)12-5-2-1-3-6-12/h1-7,10,15H,8-9,11H2,(H,17,19). The Balaban J connectivity index is 1.72. The summed E-state index contributed by atoms with van der Waals surface area (Å²) in [5.41, 5.74) is 0.830. The lowest BCUT2D eigenvalue weighted by molar-refractivity contribution is -0.144. The molecular formula is C16H16N2O2S. The maximum absolute atomic E-state index is 12.5. The first kappa shape index (κ1) is 13.8. The lowest BCUT2D eigenvalue weighted by Gasteiger charge is -2.32. The van der Waals surface area contributed by atoms with E-state index >= 15 is 0 Å². The van der Waals surface area contributed by atoms with E-state index in [-0.39, 0.29) is 18.4 Å². The molecule has 0 aliphatic carbocycles. The molecule has 1 aromatic carbocycles. The van der Waals surface area contributed by atoms with E-state index in [9.17, 15) is 9.59 Å². The number of nitrogens with zero attached hydrogens (tertiary/aromatic N) is 1. The quantitative estimate of drug-likeness (QED) is 0.939. The van der Waals surface area contributed by atoms with Gasteiger partial charge in [-0.1, -0.05) is 36.4 Å². The highest BCUT2D eigenvalue weighted by atomic mass is 32.1. The average Bonchev–Trinajstić information content (AvgIpc) is 3.02. The molecule has 1 aromatic heterocycles. The molecule has 2 aromatic rings. The van der Waals surface area contributed by atoms with E-state index in [0.717, 1.165) is 12.0 Å². The molecule has 1 N–H and O–H groups in total. The Hall–Kier alpha value is -2.14. The van der Waals surface area contributed by atoms with E-state index in [2.05, 4.69) is 5.32 Å². The van der Waals surface area contributed by atoms with E-state index in [4.69, 9.17) is 0 Å². The van der Waals surface area contributed by atoms with Crippen molar-refractivity contribution in [3.8, 4) is 0 Å². The van der Waals surface area contributed by atoms with Gasteiger partial charge in [0.2, 0.25) is 11.8 Å². The van der Waals surface area contributed by atoms with E-state index in [0.29, 0.717) is 6.54 Å². The number of hydrogen-bond donors (Lipinski definition) is 1. The molecule has 108 valence electrons. The highest BCUT2D eigenvalue weighted by molar-refractivity contribution is 7.09. The molecule has 2 amide bonds. The third kappa shape index (κ3) is 3.13. The second-order valence-corrected chi connectivity index (χ2v) is 6.03. The van der Waals surface area contributed by atoms with Gasteiger partial charge in [0.05, 0.1) is 6.54 Å². The molecule has 5 heteroatoms. The van der Waals surface area contributed by atoms with Crippen molar-refractivity contribution in [2.75, 3.05) is 13.1 Å². The van der Waals surface area contributed by atoms with Gasteiger partial charge < -0.3 is 10.2 Å². The summed E-state index contributed by atoms with van der Waals surface area (Å²) < 4.78 is 0. The summed E-state index contributed by atoms with van der Waals surface area (Å²) in [6.45, 7) is 0.726. The minimum absolute atomic E-state index is 0.0302. The Kier molecular flexibility index (Phi) is 4.01. The lowest BCUT2D eigenvalue weighted by atomic mass is 10.0. The average molecular weight is 300 g/mol. The number of piperazine rings is 1. The third-order valence-electron chi connectivity index (χ3n) is 3.54. The van der Waals surface area contributed by atoms with Gasteiger partial charge in [0.15, 0.2) is 0 Å². The lowest BCUT2D eigenvalue weighted by Crippen LogP contribution is -2.53. The third-order valence-corrected chi connectivity index (χ3v) is 4.48. The van der Waals surface area contributed by atoms with E-state index in [1.54, 1.807) is 16.2 Å². The van der Waals surface area contributed by atoms with Crippen LogP contribution in [-0.4, -0.2) is 29.8 Å². The van der Waals surface area contributed by atoms with Crippen molar-refractivity contribution in [2.24, 2.45) is 0 Å². The zero-order valence-corrected chi connectivity index (χ0v) is 12.3. The Morgan fingerprint density at radius 1 is 1.14 bits per heavy atom. The molecule has 3 rings (SSSR count). The summed E-state index contributed by atoms with van der Waals surface area (Å²) in [5.74, 6) is -0.132. The summed E-state index contributed by atoms with van der Waals surface area (Å²) in [5, 5.41) is 4.80. The molecule has 1 fully saturated rings. The van der Waals surface area contributed by atoms with Crippen LogP contribution in [0.5, 0.6) is 0 Å². The number of benzene rings is 1. The van der Waals surface area contributed by atoms with Crippen molar-refractivity contribution in [1.29, 1.82) is 0 Å². The molecule has 1 aliphatic rings. The molecule has 1 saturated heterocycles. The Morgan fingerprint density at radius 3 is 2.67 bits per heavy atom. The van der Waals surface area contributed by atoms with Gasteiger partial charge in [0, 0.05) is 11.4 Å². The van der Waals surface area contributed by atoms with E-state index in [1.807, 2.05) is 47.8 Å². The van der Waals surface area contributed by atoms with E-state index < -0.39 is 6.04 Å². The number of hydrogen-bond acceptors (Lipinski definition) is 3. The molecule has 1 atom stereocenters. The predicted octanol–water partition coefficient (Wildman–Crippen LogP) is 1.99. The van der Waals surface area contributed by atoms with Crippen LogP contribution in [0.3, 0.4) is 0 Å². The number of carbonyl (C=O) groups is 2. The molecule has 4 nitrogen and oxygen atoms in total. The SMILES string of the molecule is O=C1CN(CCc2cccs2)C(=O)C(c2ccccc2)N1. The van der Waals surface area contributed by atoms with Gasteiger partial charge in [0.25, 0.3) is 0 Å². The van der Waals surface area contributed by atoms with Crippen molar-refractivity contribution in [3.63, 3.8) is 0 Å². The second-order valence-electron chi connectivity index (χ2n) is 5.00. The van der Waals surface area contributed by atoms with Crippen LogP contribution < -0.4 is 5.32 Å². The summed E-state index contributed by atoms with van der Waals surface area (Å²) >= 11 is 1.67. The Bertz CT molecular complexity index is 625. The molecular weight excluding hydrogens is 284 g/mol. The van der Waals surface area contributed by atoms with Crippen molar-refractivity contribution in [3.05, 3.63) is 58.3 Å². The molecule has 2 heterocycles. The van der Waals surface area contributed by atoms with Gasteiger partial charge in [-0.05, 0) is 23.4 Å².